The molecule has 31 heavy (non-hydrogen) atoms. The minimum absolute atomic E-state index is 0.0939. The Morgan fingerprint density at radius 1 is 1.16 bits per heavy atom. The number of aryl methyl sites for hydroxylation is 2. The molecule has 0 aliphatic carbocycles. The molecule has 1 atom stereocenters. The van der Waals surface area contributed by atoms with Gasteiger partial charge >= 0.3 is 0 Å². The van der Waals surface area contributed by atoms with E-state index in [9.17, 15) is 4.79 Å². The summed E-state index contributed by atoms with van der Waals surface area (Å²) in [5.74, 6) is 1.72. The molecule has 0 bridgehead atoms. The maximum Gasteiger partial charge on any atom is 0.258 e. The highest BCUT2D eigenvalue weighted by molar-refractivity contribution is 5.77. The standard InChI is InChI=1S/C24H25N3O4/c1-15-12-25-16(2)23(27-15)19-8-6-7-17-11-18(31-24(17)19)13-26-22(28)14-30-21-10-5-4-9-20(21)29-3/h4-10,12,18H,11,13-14H2,1-3H3,(H,26,28)/t18-/m0/s1. The number of hydrogen-bond donors (Lipinski definition) is 1. The lowest BCUT2D eigenvalue weighted by Gasteiger charge is -2.15. The molecule has 0 spiro atoms. The van der Waals surface area contributed by atoms with E-state index < -0.39 is 0 Å². The SMILES string of the molecule is COc1ccccc1OCC(=O)NC[C@@H]1Cc2cccc(-c3nc(C)cnc3C)c2O1. The van der Waals surface area contributed by atoms with Crippen LogP contribution in [0.4, 0.5) is 0 Å². The molecule has 4 rings (SSSR count). The van der Waals surface area contributed by atoms with E-state index in [1.807, 2.05) is 44.2 Å². The summed E-state index contributed by atoms with van der Waals surface area (Å²) in [7, 11) is 1.56. The topological polar surface area (TPSA) is 82.6 Å². The minimum Gasteiger partial charge on any atom is -0.493 e. The molecule has 3 aromatic rings. The zero-order valence-electron chi connectivity index (χ0n) is 17.8. The molecule has 7 heteroatoms. The lowest BCUT2D eigenvalue weighted by Crippen LogP contribution is -2.37. The van der Waals surface area contributed by atoms with Crippen LogP contribution in [0.1, 0.15) is 17.0 Å². The molecule has 2 heterocycles. The normalized spacial score (nSPS) is 14.5. The van der Waals surface area contributed by atoms with E-state index in [1.54, 1.807) is 25.4 Å². The van der Waals surface area contributed by atoms with Crippen LogP contribution in [-0.4, -0.2) is 42.2 Å². The predicted octanol–water partition coefficient (Wildman–Crippen LogP) is 3.27. The number of ether oxygens (including phenoxy) is 3. The summed E-state index contributed by atoms with van der Waals surface area (Å²) < 4.78 is 17.0. The molecule has 0 unspecified atom stereocenters. The van der Waals surface area contributed by atoms with E-state index in [0.29, 0.717) is 18.0 Å². The van der Waals surface area contributed by atoms with Crippen molar-refractivity contribution in [1.29, 1.82) is 0 Å². The van der Waals surface area contributed by atoms with E-state index in [0.717, 1.165) is 40.4 Å². The minimum atomic E-state index is -0.217. The highest BCUT2D eigenvalue weighted by Gasteiger charge is 2.27. The Bertz CT molecular complexity index is 1100. The van der Waals surface area contributed by atoms with E-state index >= 15 is 0 Å². The Hall–Kier alpha value is -3.61. The summed E-state index contributed by atoms with van der Waals surface area (Å²) in [6.45, 7) is 4.16. The van der Waals surface area contributed by atoms with E-state index in [4.69, 9.17) is 14.2 Å². The van der Waals surface area contributed by atoms with Gasteiger partial charge in [-0.2, -0.15) is 0 Å². The Morgan fingerprint density at radius 2 is 1.97 bits per heavy atom. The molecule has 7 nitrogen and oxygen atoms in total. The Labute approximate surface area is 181 Å². The van der Waals surface area contributed by atoms with Gasteiger partial charge in [-0.25, -0.2) is 4.98 Å². The summed E-state index contributed by atoms with van der Waals surface area (Å²) in [5.41, 5.74) is 4.57. The van der Waals surface area contributed by atoms with Crippen molar-refractivity contribution in [2.45, 2.75) is 26.4 Å². The number of aromatic nitrogens is 2. The van der Waals surface area contributed by atoms with Crippen LogP contribution in [0, 0.1) is 13.8 Å². The number of fused-ring (bicyclic) bond motifs is 1. The third-order valence-corrected chi connectivity index (χ3v) is 5.11. The molecule has 1 aliphatic heterocycles. The zero-order chi connectivity index (χ0) is 21.8. The van der Waals surface area contributed by atoms with Crippen LogP contribution in [0.25, 0.3) is 11.3 Å². The van der Waals surface area contributed by atoms with Crippen molar-refractivity contribution in [2.24, 2.45) is 0 Å². The number of benzene rings is 2. The average Bonchev–Trinajstić information content (AvgIpc) is 3.21. The molecular formula is C24H25N3O4. The van der Waals surface area contributed by atoms with E-state index in [1.165, 1.54) is 0 Å². The van der Waals surface area contributed by atoms with Crippen LogP contribution in [0.3, 0.4) is 0 Å². The summed E-state index contributed by atoms with van der Waals surface area (Å²) in [4.78, 5) is 21.3. The van der Waals surface area contributed by atoms with Gasteiger partial charge in [0, 0.05) is 18.2 Å². The quantitative estimate of drug-likeness (QED) is 0.633. The first-order valence-corrected chi connectivity index (χ1v) is 10.2. The number of carbonyl (C=O) groups is 1. The predicted molar refractivity (Wildman–Crippen MR) is 117 cm³/mol. The first-order valence-electron chi connectivity index (χ1n) is 10.2. The second kappa shape index (κ2) is 9.04. The number of rotatable bonds is 7. The molecule has 1 amide bonds. The summed E-state index contributed by atoms with van der Waals surface area (Å²) in [6, 6.07) is 13.3. The van der Waals surface area contributed by atoms with Crippen molar-refractivity contribution < 1.29 is 19.0 Å². The van der Waals surface area contributed by atoms with Gasteiger partial charge in [0.05, 0.1) is 30.7 Å². The highest BCUT2D eigenvalue weighted by atomic mass is 16.5. The monoisotopic (exact) mass is 419 g/mol. The molecule has 1 aliphatic rings. The second-order valence-electron chi connectivity index (χ2n) is 7.43. The van der Waals surface area contributed by atoms with Crippen LogP contribution >= 0.6 is 0 Å². The van der Waals surface area contributed by atoms with Crippen LogP contribution < -0.4 is 19.5 Å². The number of amides is 1. The first kappa shape index (κ1) is 20.7. The molecule has 0 saturated heterocycles. The van der Waals surface area contributed by atoms with Crippen molar-refractivity contribution in [1.82, 2.24) is 15.3 Å². The number of nitrogens with one attached hydrogen (secondary N) is 1. The maximum absolute atomic E-state index is 12.3. The number of methoxy groups -OCH3 is 1. The van der Waals surface area contributed by atoms with Crippen molar-refractivity contribution >= 4 is 5.91 Å². The fraction of sp³-hybridized carbons (Fsp3) is 0.292. The maximum atomic E-state index is 12.3. The van der Waals surface area contributed by atoms with Gasteiger partial charge in [0.1, 0.15) is 11.9 Å². The molecule has 2 aromatic carbocycles. The van der Waals surface area contributed by atoms with Gasteiger partial charge in [0.2, 0.25) is 0 Å². The fourth-order valence-electron chi connectivity index (χ4n) is 3.59. The van der Waals surface area contributed by atoms with Crippen molar-refractivity contribution in [2.75, 3.05) is 20.3 Å². The third-order valence-electron chi connectivity index (χ3n) is 5.11. The number of carbonyl (C=O) groups excluding carboxylic acids is 1. The van der Waals surface area contributed by atoms with Gasteiger partial charge in [-0.15, -0.1) is 0 Å². The van der Waals surface area contributed by atoms with Crippen LogP contribution in [0.5, 0.6) is 17.2 Å². The van der Waals surface area contributed by atoms with Crippen LogP contribution in [0.15, 0.2) is 48.7 Å². The number of hydrogen-bond acceptors (Lipinski definition) is 6. The summed E-state index contributed by atoms with van der Waals surface area (Å²) in [6.07, 6.45) is 2.33. The molecular weight excluding hydrogens is 394 g/mol. The van der Waals surface area contributed by atoms with Gasteiger partial charge in [-0.05, 0) is 37.6 Å². The van der Waals surface area contributed by atoms with Gasteiger partial charge in [-0.1, -0.05) is 24.3 Å². The first-order chi connectivity index (χ1) is 15.0. The third kappa shape index (κ3) is 4.60. The Balaban J connectivity index is 1.37. The molecule has 0 saturated carbocycles. The van der Waals surface area contributed by atoms with E-state index in [2.05, 4.69) is 15.3 Å². The van der Waals surface area contributed by atoms with Crippen molar-refractivity contribution in [3.63, 3.8) is 0 Å². The largest absolute Gasteiger partial charge is 0.493 e. The zero-order valence-corrected chi connectivity index (χ0v) is 17.8. The molecule has 1 aromatic heterocycles. The molecule has 160 valence electrons. The second-order valence-corrected chi connectivity index (χ2v) is 7.43. The lowest BCUT2D eigenvalue weighted by molar-refractivity contribution is -0.123. The Morgan fingerprint density at radius 3 is 2.77 bits per heavy atom. The Kier molecular flexibility index (Phi) is 6.02. The molecule has 1 N–H and O–H groups in total. The van der Waals surface area contributed by atoms with Gasteiger partial charge < -0.3 is 19.5 Å². The average molecular weight is 419 g/mol. The number of para-hydroxylation sites is 3. The molecule has 0 fully saturated rings. The van der Waals surface area contributed by atoms with Crippen molar-refractivity contribution in [3.8, 4) is 28.5 Å². The fourth-order valence-corrected chi connectivity index (χ4v) is 3.59. The highest BCUT2D eigenvalue weighted by Crippen LogP contribution is 2.38. The van der Waals surface area contributed by atoms with Crippen LogP contribution in [-0.2, 0) is 11.2 Å². The van der Waals surface area contributed by atoms with Gasteiger partial charge in [-0.3, -0.25) is 9.78 Å². The number of nitrogens with zero attached hydrogens (tertiary/aromatic N) is 2. The lowest BCUT2D eigenvalue weighted by atomic mass is 10.0. The summed E-state index contributed by atoms with van der Waals surface area (Å²) in [5, 5.41) is 2.89. The smallest absolute Gasteiger partial charge is 0.258 e. The van der Waals surface area contributed by atoms with Gasteiger partial charge in [0.25, 0.3) is 5.91 Å². The summed E-state index contributed by atoms with van der Waals surface area (Å²) >= 11 is 0. The van der Waals surface area contributed by atoms with E-state index in [-0.39, 0.29) is 18.6 Å². The molecule has 0 radical (unpaired) electrons. The van der Waals surface area contributed by atoms with Crippen LogP contribution in [0.2, 0.25) is 0 Å². The van der Waals surface area contributed by atoms with Crippen molar-refractivity contribution in [3.05, 3.63) is 65.6 Å². The van der Waals surface area contributed by atoms with Gasteiger partial charge in [0.15, 0.2) is 18.1 Å².